The molecule has 2 fully saturated rings. The lowest BCUT2D eigenvalue weighted by molar-refractivity contribution is 0.0398. The fourth-order valence-corrected chi connectivity index (χ4v) is 9.89. The zero-order valence-corrected chi connectivity index (χ0v) is 41.0. The molecule has 0 bridgehead atoms. The highest BCUT2D eigenvalue weighted by atomic mass is 28.4. The minimum atomic E-state index is -2.01. The first kappa shape index (κ1) is 48.3. The third kappa shape index (κ3) is 10.5. The van der Waals surface area contributed by atoms with Crippen molar-refractivity contribution in [3.8, 4) is 28.7 Å². The molecule has 0 radical (unpaired) electrons. The number of hydrogen-bond donors (Lipinski definition) is 1. The predicted octanol–water partition coefficient (Wildman–Crippen LogP) is 9.73. The van der Waals surface area contributed by atoms with Gasteiger partial charge in [0.15, 0.2) is 31.3 Å². The molecule has 1 saturated carbocycles. The number of nitrogens with two attached hydrogens (primary N) is 1. The van der Waals surface area contributed by atoms with Crippen LogP contribution in [0.4, 0.5) is 16.2 Å². The fourth-order valence-electron chi connectivity index (χ4n) is 8.85. The summed E-state index contributed by atoms with van der Waals surface area (Å²) >= 11 is 0. The first-order chi connectivity index (χ1) is 31.5. The molecule has 3 aromatic rings. The van der Waals surface area contributed by atoms with E-state index in [4.69, 9.17) is 38.6 Å². The van der Waals surface area contributed by atoms with Crippen molar-refractivity contribution in [1.82, 2.24) is 9.80 Å². The van der Waals surface area contributed by atoms with Crippen LogP contribution in [0, 0.1) is 5.41 Å². The number of amides is 3. The summed E-state index contributed by atoms with van der Waals surface area (Å²) in [6, 6.07) is 14.1. The van der Waals surface area contributed by atoms with Crippen molar-refractivity contribution in [2.24, 2.45) is 5.41 Å². The van der Waals surface area contributed by atoms with E-state index in [9.17, 15) is 14.4 Å². The number of carbonyl (C=O) groups excluding carboxylic acids is 3. The molecule has 3 heterocycles. The number of fused-ring (bicyclic) bond motifs is 2. The summed E-state index contributed by atoms with van der Waals surface area (Å²) in [6.07, 6.45) is 9.87. The maximum absolute atomic E-state index is 14.2. The highest BCUT2D eigenvalue weighted by Crippen LogP contribution is 2.55. The molecule has 7 rings (SSSR count). The molecule has 4 aliphatic rings. The number of unbranched alkanes of at least 4 members (excludes halogenated alkanes) is 2. The third-order valence-electron chi connectivity index (χ3n) is 14.1. The maximum atomic E-state index is 14.2. The van der Waals surface area contributed by atoms with Gasteiger partial charge in [0.1, 0.15) is 12.4 Å². The minimum Gasteiger partial charge on any atom is -0.497 e. The van der Waals surface area contributed by atoms with Gasteiger partial charge >= 0.3 is 6.09 Å². The number of anilines is 2. The van der Waals surface area contributed by atoms with E-state index in [0.29, 0.717) is 96.5 Å². The van der Waals surface area contributed by atoms with Crippen LogP contribution in [-0.4, -0.2) is 109 Å². The number of piperidine rings is 1. The molecule has 1 spiro atoms. The standard InChI is InChI=1S/C51H68N4O10Si/c1-10-22-64-49(58)55-32-36-25-35(34-14-16-38(59-5)17-15-34)31-54(36)48(57)40-27-44(61-7)46(29-42(40)55)63-24-13-11-12-23-62-45-28-41(52)39(26-43(45)60-6)47(56)53-21-20-51(18-19-51)30-37(53)33-65-66(8,9)50(2,3)4/h10,14-17,26-29,31,36-37H,1,11-13,18-25,30,32-33,52H2,2-9H3/t36-,37-/m0/s1. The smallest absolute Gasteiger partial charge is 0.414 e. The predicted molar refractivity (Wildman–Crippen MR) is 259 cm³/mol. The van der Waals surface area contributed by atoms with E-state index in [0.717, 1.165) is 36.1 Å². The van der Waals surface area contributed by atoms with Crippen molar-refractivity contribution in [3.05, 3.63) is 84.1 Å². The monoisotopic (exact) mass is 924 g/mol. The van der Waals surface area contributed by atoms with Gasteiger partial charge in [-0.1, -0.05) is 45.6 Å². The molecule has 3 aromatic carbocycles. The van der Waals surface area contributed by atoms with E-state index >= 15 is 0 Å². The van der Waals surface area contributed by atoms with Crippen LogP contribution in [0.25, 0.3) is 5.57 Å². The van der Waals surface area contributed by atoms with Gasteiger partial charge in [-0.2, -0.15) is 0 Å². The molecule has 66 heavy (non-hydrogen) atoms. The number of likely N-dealkylation sites (tertiary alicyclic amines) is 1. The Hall–Kier alpha value is -5.67. The molecular weight excluding hydrogens is 857 g/mol. The van der Waals surface area contributed by atoms with Gasteiger partial charge in [0, 0.05) is 30.6 Å². The van der Waals surface area contributed by atoms with Crippen molar-refractivity contribution >= 4 is 43.2 Å². The average Bonchev–Trinajstić information content (AvgIpc) is 3.94. The van der Waals surface area contributed by atoms with Gasteiger partial charge in [0.25, 0.3) is 11.8 Å². The number of rotatable bonds is 18. The van der Waals surface area contributed by atoms with Crippen molar-refractivity contribution in [2.75, 3.05) is 71.5 Å². The van der Waals surface area contributed by atoms with Crippen LogP contribution in [0.15, 0.2) is 67.4 Å². The van der Waals surface area contributed by atoms with Crippen LogP contribution >= 0.6 is 0 Å². The Labute approximate surface area is 391 Å². The van der Waals surface area contributed by atoms with Gasteiger partial charge in [-0.3, -0.25) is 14.5 Å². The Balaban J connectivity index is 0.964. The van der Waals surface area contributed by atoms with Crippen molar-refractivity contribution in [2.45, 2.75) is 102 Å². The molecule has 356 valence electrons. The topological polar surface area (TPSA) is 152 Å². The van der Waals surface area contributed by atoms with Crippen molar-refractivity contribution < 1.29 is 47.2 Å². The Morgan fingerprint density at radius 1 is 0.894 bits per heavy atom. The van der Waals surface area contributed by atoms with Crippen LogP contribution < -0.4 is 34.3 Å². The molecule has 3 aliphatic heterocycles. The lowest BCUT2D eigenvalue weighted by atomic mass is 9.87. The number of hydrogen-bond acceptors (Lipinski definition) is 11. The maximum Gasteiger partial charge on any atom is 0.414 e. The second-order valence-corrected chi connectivity index (χ2v) is 24.3. The summed E-state index contributed by atoms with van der Waals surface area (Å²) in [6.45, 7) is 17.1. The number of methoxy groups -OCH3 is 3. The summed E-state index contributed by atoms with van der Waals surface area (Å²) in [5.41, 5.74) is 10.3. The summed E-state index contributed by atoms with van der Waals surface area (Å²) in [7, 11) is 2.69. The number of ether oxygens (including phenoxy) is 6. The summed E-state index contributed by atoms with van der Waals surface area (Å²) in [5, 5.41) is 0.0751. The molecule has 15 heteroatoms. The van der Waals surface area contributed by atoms with Gasteiger partial charge < -0.3 is 48.4 Å². The van der Waals surface area contributed by atoms with E-state index in [1.807, 2.05) is 35.4 Å². The zero-order valence-electron chi connectivity index (χ0n) is 40.0. The van der Waals surface area contributed by atoms with Crippen LogP contribution in [-0.2, 0) is 9.16 Å². The summed E-state index contributed by atoms with van der Waals surface area (Å²) in [4.78, 5) is 47.2. The first-order valence-corrected chi connectivity index (χ1v) is 26.1. The van der Waals surface area contributed by atoms with Gasteiger partial charge in [0.05, 0.1) is 76.6 Å². The fraction of sp³-hybridized carbons (Fsp3) is 0.510. The third-order valence-corrected chi connectivity index (χ3v) is 18.6. The van der Waals surface area contributed by atoms with Gasteiger partial charge in [-0.05, 0) is 110 Å². The van der Waals surface area contributed by atoms with Gasteiger partial charge in [-0.25, -0.2) is 4.79 Å². The Bertz CT molecular complexity index is 2300. The molecule has 1 saturated heterocycles. The molecule has 3 amide bonds. The average molecular weight is 925 g/mol. The summed E-state index contributed by atoms with van der Waals surface area (Å²) < 4.78 is 41.4. The summed E-state index contributed by atoms with van der Waals surface area (Å²) in [5.74, 6) is 2.08. The number of carbonyl (C=O) groups is 3. The zero-order chi connectivity index (χ0) is 47.4. The van der Waals surface area contributed by atoms with Crippen LogP contribution in [0.2, 0.25) is 18.1 Å². The lowest BCUT2D eigenvalue weighted by Crippen LogP contribution is -2.52. The molecule has 0 aromatic heterocycles. The van der Waals surface area contributed by atoms with Crippen LogP contribution in [0.3, 0.4) is 0 Å². The number of nitrogens with zero attached hydrogens (tertiary/aromatic N) is 3. The Morgan fingerprint density at radius 2 is 1.56 bits per heavy atom. The first-order valence-electron chi connectivity index (χ1n) is 23.1. The molecule has 1 aliphatic carbocycles. The second-order valence-electron chi connectivity index (χ2n) is 19.5. The van der Waals surface area contributed by atoms with E-state index in [-0.39, 0.29) is 42.1 Å². The largest absolute Gasteiger partial charge is 0.497 e. The van der Waals surface area contributed by atoms with Gasteiger partial charge in [-0.15, -0.1) is 0 Å². The van der Waals surface area contributed by atoms with Gasteiger partial charge in [0.2, 0.25) is 0 Å². The molecular formula is C51H68N4O10Si. The Kier molecular flexibility index (Phi) is 14.7. The molecule has 2 N–H and O–H groups in total. The highest BCUT2D eigenvalue weighted by molar-refractivity contribution is 6.74. The molecule has 0 unspecified atom stereocenters. The minimum absolute atomic E-state index is 0.00711. The van der Waals surface area contributed by atoms with E-state index in [2.05, 4.69) is 40.4 Å². The second kappa shape index (κ2) is 20.1. The normalized spacial score (nSPS) is 18.8. The Morgan fingerprint density at radius 3 is 2.18 bits per heavy atom. The highest BCUT2D eigenvalue weighted by Gasteiger charge is 2.50. The van der Waals surface area contributed by atoms with Crippen LogP contribution in [0.1, 0.15) is 98.4 Å². The molecule has 14 nitrogen and oxygen atoms in total. The number of nitrogen functional groups attached to an aromatic ring is 1. The van der Waals surface area contributed by atoms with E-state index in [1.54, 1.807) is 43.4 Å². The van der Waals surface area contributed by atoms with Crippen LogP contribution in [0.5, 0.6) is 28.7 Å². The van der Waals surface area contributed by atoms with Crippen molar-refractivity contribution in [3.63, 3.8) is 0 Å². The lowest BCUT2D eigenvalue weighted by Gasteiger charge is -2.43. The quantitative estimate of drug-likeness (QED) is 0.0562. The number of benzene rings is 3. The molecule has 2 atom stereocenters. The van der Waals surface area contributed by atoms with E-state index in [1.165, 1.54) is 30.9 Å². The van der Waals surface area contributed by atoms with E-state index < -0.39 is 14.4 Å². The SMILES string of the molecule is C=CCOC(=O)N1C[C@@H]2CC(c3ccc(OC)cc3)=CN2C(=O)c2cc(OC)c(OCCCCCOc3cc(N)c(C(=O)N4CCC5(CC5)C[C@H]4CO[Si](C)(C)C(C)(C)C)cc3OC)cc21. The van der Waals surface area contributed by atoms with Crippen molar-refractivity contribution in [1.29, 1.82) is 0 Å².